The summed E-state index contributed by atoms with van der Waals surface area (Å²) in [5.41, 5.74) is 0. The van der Waals surface area contributed by atoms with E-state index in [4.69, 9.17) is 4.74 Å². The predicted octanol–water partition coefficient (Wildman–Crippen LogP) is 1.37. The van der Waals surface area contributed by atoms with Crippen LogP contribution in [0.1, 0.15) is 25.7 Å². The molecule has 0 saturated carbocycles. The van der Waals surface area contributed by atoms with Gasteiger partial charge in [-0.2, -0.15) is 0 Å². The van der Waals surface area contributed by atoms with Crippen molar-refractivity contribution >= 4 is 5.97 Å². The van der Waals surface area contributed by atoms with E-state index in [-0.39, 0.29) is 5.97 Å². The summed E-state index contributed by atoms with van der Waals surface area (Å²) in [5, 5.41) is 0. The zero-order valence-electron chi connectivity index (χ0n) is 7.26. The summed E-state index contributed by atoms with van der Waals surface area (Å²) >= 11 is 0. The van der Waals surface area contributed by atoms with Crippen molar-refractivity contribution in [2.24, 2.45) is 0 Å². The van der Waals surface area contributed by atoms with Gasteiger partial charge in [0, 0.05) is 20.6 Å². The number of carbonyl (C=O) groups is 1. The highest BCUT2D eigenvalue weighted by atomic mass is 16.5. The lowest BCUT2D eigenvalue weighted by Gasteiger charge is -1.93. The van der Waals surface area contributed by atoms with Crippen LogP contribution in [0.5, 0.6) is 0 Å². The first-order chi connectivity index (χ1) is 5.31. The maximum absolute atomic E-state index is 10.5. The van der Waals surface area contributed by atoms with Gasteiger partial charge in [0.25, 0.3) is 0 Å². The van der Waals surface area contributed by atoms with Crippen LogP contribution in [0.25, 0.3) is 0 Å². The normalized spacial score (nSPS) is 17.5. The fourth-order valence-electron chi connectivity index (χ4n) is 0.806. The van der Waals surface area contributed by atoms with Gasteiger partial charge in [0.2, 0.25) is 0 Å². The molecule has 0 amide bonds. The number of carbonyl (C=O) groups excluding carboxylic acids is 1. The molecule has 66 valence electrons. The van der Waals surface area contributed by atoms with Crippen molar-refractivity contribution in [3.05, 3.63) is 0 Å². The van der Waals surface area contributed by atoms with Crippen molar-refractivity contribution in [2.45, 2.75) is 25.7 Å². The van der Waals surface area contributed by atoms with Crippen LogP contribution >= 0.6 is 0 Å². The minimum absolute atomic E-state index is 0.0255. The van der Waals surface area contributed by atoms with Gasteiger partial charge >= 0.3 is 5.97 Å². The molecule has 0 aromatic carbocycles. The zero-order valence-corrected chi connectivity index (χ0v) is 7.26. The lowest BCUT2D eigenvalue weighted by Crippen LogP contribution is -2.00. The van der Waals surface area contributed by atoms with Crippen molar-refractivity contribution in [1.82, 2.24) is 0 Å². The van der Waals surface area contributed by atoms with Gasteiger partial charge in [-0.15, -0.1) is 0 Å². The van der Waals surface area contributed by atoms with Crippen molar-refractivity contribution in [2.75, 3.05) is 20.8 Å². The molecule has 0 spiro atoms. The molecule has 0 aliphatic carbocycles. The highest BCUT2D eigenvalue weighted by Crippen LogP contribution is 2.06. The van der Waals surface area contributed by atoms with E-state index in [1.165, 1.54) is 0 Å². The average Bonchev–Trinajstić information content (AvgIpc) is 2.18. The molecular formula is C8H16O3. The van der Waals surface area contributed by atoms with Crippen LogP contribution in [0.3, 0.4) is 0 Å². The Kier molecular flexibility index (Phi) is 7.15. The van der Waals surface area contributed by atoms with Gasteiger partial charge in [0.15, 0.2) is 0 Å². The quantitative estimate of drug-likeness (QED) is 0.502. The Labute approximate surface area is 67.7 Å². The first kappa shape index (κ1) is 10.4. The van der Waals surface area contributed by atoms with Gasteiger partial charge < -0.3 is 9.47 Å². The third-order valence-electron chi connectivity index (χ3n) is 1.29. The molecule has 1 rings (SSSR count). The molecule has 1 aliphatic heterocycles. The molecule has 11 heavy (non-hydrogen) atoms. The number of rotatable bonds is 0. The molecule has 1 fully saturated rings. The highest BCUT2D eigenvalue weighted by molar-refractivity contribution is 5.69. The van der Waals surface area contributed by atoms with Gasteiger partial charge in [0.1, 0.15) is 0 Å². The molecule has 0 atom stereocenters. The van der Waals surface area contributed by atoms with Crippen molar-refractivity contribution in [3.8, 4) is 0 Å². The Morgan fingerprint density at radius 2 is 1.91 bits per heavy atom. The summed E-state index contributed by atoms with van der Waals surface area (Å²) < 4.78 is 9.01. The lowest BCUT2D eigenvalue weighted by atomic mass is 10.2. The number of cyclic esters (lactones) is 1. The Bertz CT molecular complexity index is 91.5. The summed E-state index contributed by atoms with van der Waals surface area (Å²) in [6.45, 7) is 0.638. The van der Waals surface area contributed by atoms with E-state index in [1.54, 1.807) is 14.2 Å². The first-order valence-corrected chi connectivity index (χ1v) is 3.87. The van der Waals surface area contributed by atoms with Crippen LogP contribution in [-0.2, 0) is 14.3 Å². The maximum atomic E-state index is 10.5. The summed E-state index contributed by atoms with van der Waals surface area (Å²) in [7, 11) is 3.25. The molecule has 0 bridgehead atoms. The molecule has 0 aromatic rings. The summed E-state index contributed by atoms with van der Waals surface area (Å²) in [6, 6.07) is 0. The number of hydrogen-bond acceptors (Lipinski definition) is 3. The second kappa shape index (κ2) is 7.54. The van der Waals surface area contributed by atoms with E-state index in [0.29, 0.717) is 13.0 Å². The van der Waals surface area contributed by atoms with Crippen LogP contribution in [0.2, 0.25) is 0 Å². The topological polar surface area (TPSA) is 35.5 Å². The molecule has 1 aliphatic rings. The molecule has 0 N–H and O–H groups in total. The standard InChI is InChI=1S/C6H10O2.C2H6O/c7-6-4-2-1-3-5-8-6;1-3-2/h1-5H2;1-2H3. The lowest BCUT2D eigenvalue weighted by molar-refractivity contribution is -0.142. The fraction of sp³-hybridized carbons (Fsp3) is 0.875. The second-order valence-corrected chi connectivity index (χ2v) is 2.44. The fourth-order valence-corrected chi connectivity index (χ4v) is 0.806. The van der Waals surface area contributed by atoms with E-state index >= 15 is 0 Å². The van der Waals surface area contributed by atoms with Gasteiger partial charge in [-0.3, -0.25) is 4.79 Å². The monoisotopic (exact) mass is 160 g/mol. The SMILES string of the molecule is COC.O=C1CCCCCO1. The smallest absolute Gasteiger partial charge is 0.305 e. The Morgan fingerprint density at radius 3 is 2.55 bits per heavy atom. The van der Waals surface area contributed by atoms with Crippen molar-refractivity contribution in [1.29, 1.82) is 0 Å². The summed E-state index contributed by atoms with van der Waals surface area (Å²) in [5.74, 6) is -0.0255. The van der Waals surface area contributed by atoms with Gasteiger partial charge in [-0.05, 0) is 19.3 Å². The van der Waals surface area contributed by atoms with Crippen LogP contribution < -0.4 is 0 Å². The average molecular weight is 160 g/mol. The third kappa shape index (κ3) is 7.33. The Hall–Kier alpha value is -0.570. The minimum atomic E-state index is -0.0255. The van der Waals surface area contributed by atoms with E-state index in [2.05, 4.69) is 4.74 Å². The number of methoxy groups -OCH3 is 1. The molecular weight excluding hydrogens is 144 g/mol. The zero-order chi connectivity index (χ0) is 8.53. The molecule has 0 aromatic heterocycles. The molecule has 1 heterocycles. The maximum Gasteiger partial charge on any atom is 0.305 e. The van der Waals surface area contributed by atoms with Crippen molar-refractivity contribution < 1.29 is 14.3 Å². The van der Waals surface area contributed by atoms with Crippen LogP contribution in [0.4, 0.5) is 0 Å². The summed E-state index contributed by atoms with van der Waals surface area (Å²) in [6.07, 6.45) is 3.83. The molecule has 3 nitrogen and oxygen atoms in total. The van der Waals surface area contributed by atoms with E-state index in [9.17, 15) is 4.79 Å². The molecule has 1 saturated heterocycles. The second-order valence-electron chi connectivity index (χ2n) is 2.44. The van der Waals surface area contributed by atoms with Gasteiger partial charge in [-0.1, -0.05) is 0 Å². The molecule has 0 radical (unpaired) electrons. The van der Waals surface area contributed by atoms with E-state index in [0.717, 1.165) is 19.3 Å². The first-order valence-electron chi connectivity index (χ1n) is 3.87. The van der Waals surface area contributed by atoms with E-state index < -0.39 is 0 Å². The van der Waals surface area contributed by atoms with Crippen LogP contribution in [-0.4, -0.2) is 26.8 Å². The third-order valence-corrected chi connectivity index (χ3v) is 1.29. The predicted molar refractivity (Wildman–Crippen MR) is 42.4 cm³/mol. The number of esters is 1. The Morgan fingerprint density at radius 1 is 1.27 bits per heavy atom. The number of hydrogen-bond donors (Lipinski definition) is 0. The van der Waals surface area contributed by atoms with Gasteiger partial charge in [0.05, 0.1) is 6.61 Å². The van der Waals surface area contributed by atoms with Crippen LogP contribution in [0, 0.1) is 0 Å². The summed E-state index contributed by atoms with van der Waals surface area (Å²) in [4.78, 5) is 10.5. The Balaban J connectivity index is 0.000000292. The molecule has 3 heteroatoms. The number of ether oxygens (including phenoxy) is 2. The minimum Gasteiger partial charge on any atom is -0.466 e. The van der Waals surface area contributed by atoms with E-state index in [1.807, 2.05) is 0 Å². The molecule has 0 unspecified atom stereocenters. The van der Waals surface area contributed by atoms with Crippen LogP contribution in [0.15, 0.2) is 0 Å². The largest absolute Gasteiger partial charge is 0.466 e. The van der Waals surface area contributed by atoms with Crippen molar-refractivity contribution in [3.63, 3.8) is 0 Å². The highest BCUT2D eigenvalue weighted by Gasteiger charge is 2.05. The van der Waals surface area contributed by atoms with Gasteiger partial charge in [-0.25, -0.2) is 0 Å².